The summed E-state index contributed by atoms with van der Waals surface area (Å²) in [5, 5.41) is 2.63. The molecular formula is C10H18F2N2. The SMILES string of the molecule is C#CCCN(C)CC(F)(F)CNCC. The summed E-state index contributed by atoms with van der Waals surface area (Å²) in [5.41, 5.74) is 0. The molecule has 0 spiro atoms. The van der Waals surface area contributed by atoms with Gasteiger partial charge in [-0.3, -0.25) is 4.90 Å². The second-order valence-corrected chi connectivity index (χ2v) is 3.33. The van der Waals surface area contributed by atoms with Crippen LogP contribution in [0.1, 0.15) is 13.3 Å². The second-order valence-electron chi connectivity index (χ2n) is 3.33. The Balaban J connectivity index is 3.77. The predicted molar refractivity (Wildman–Crippen MR) is 54.4 cm³/mol. The van der Waals surface area contributed by atoms with Crippen LogP contribution in [-0.2, 0) is 0 Å². The molecule has 0 heterocycles. The van der Waals surface area contributed by atoms with E-state index in [-0.39, 0.29) is 13.1 Å². The molecule has 2 nitrogen and oxygen atoms in total. The van der Waals surface area contributed by atoms with Gasteiger partial charge >= 0.3 is 0 Å². The lowest BCUT2D eigenvalue weighted by Gasteiger charge is -2.23. The van der Waals surface area contributed by atoms with Crippen molar-refractivity contribution in [3.8, 4) is 12.3 Å². The van der Waals surface area contributed by atoms with Crippen LogP contribution in [0.25, 0.3) is 0 Å². The minimum absolute atomic E-state index is 0.248. The summed E-state index contributed by atoms with van der Waals surface area (Å²) in [6, 6.07) is 0. The standard InChI is InChI=1S/C10H18F2N2/c1-4-6-7-14(3)9-10(11,12)8-13-5-2/h1,13H,5-9H2,2-3H3. The molecule has 0 fully saturated rings. The van der Waals surface area contributed by atoms with Gasteiger partial charge in [-0.2, -0.15) is 0 Å². The Hall–Kier alpha value is -0.660. The van der Waals surface area contributed by atoms with E-state index in [9.17, 15) is 8.78 Å². The normalized spacial score (nSPS) is 11.7. The molecule has 0 aliphatic rings. The zero-order valence-corrected chi connectivity index (χ0v) is 8.82. The topological polar surface area (TPSA) is 15.3 Å². The zero-order chi connectivity index (χ0) is 11.0. The maximum atomic E-state index is 13.1. The number of alkyl halides is 2. The molecule has 0 aliphatic carbocycles. The Morgan fingerprint density at radius 3 is 2.64 bits per heavy atom. The number of hydrogen-bond acceptors (Lipinski definition) is 2. The average Bonchev–Trinajstić information content (AvgIpc) is 2.11. The molecule has 0 atom stereocenters. The molecule has 0 aromatic rings. The fourth-order valence-electron chi connectivity index (χ4n) is 1.09. The molecule has 0 radical (unpaired) electrons. The van der Waals surface area contributed by atoms with Crippen LogP contribution < -0.4 is 5.32 Å². The predicted octanol–water partition coefficient (Wildman–Crippen LogP) is 1.19. The number of halogens is 2. The van der Waals surface area contributed by atoms with Crippen LogP contribution in [0.2, 0.25) is 0 Å². The van der Waals surface area contributed by atoms with Crippen LogP contribution in [0.3, 0.4) is 0 Å². The molecule has 0 aromatic heterocycles. The van der Waals surface area contributed by atoms with Gasteiger partial charge in [0.25, 0.3) is 5.92 Å². The molecule has 0 aromatic carbocycles. The molecule has 0 aliphatic heterocycles. The first-order valence-electron chi connectivity index (χ1n) is 4.72. The van der Waals surface area contributed by atoms with Gasteiger partial charge < -0.3 is 5.32 Å². The summed E-state index contributed by atoms with van der Waals surface area (Å²) in [7, 11) is 1.65. The van der Waals surface area contributed by atoms with E-state index >= 15 is 0 Å². The summed E-state index contributed by atoms with van der Waals surface area (Å²) in [6.45, 7) is 2.35. The summed E-state index contributed by atoms with van der Waals surface area (Å²) in [5.74, 6) is -0.256. The number of hydrogen-bond donors (Lipinski definition) is 1. The highest BCUT2D eigenvalue weighted by molar-refractivity contribution is 4.85. The van der Waals surface area contributed by atoms with Gasteiger partial charge in [0, 0.05) is 13.0 Å². The first kappa shape index (κ1) is 13.3. The van der Waals surface area contributed by atoms with Gasteiger partial charge in [0.05, 0.1) is 13.1 Å². The van der Waals surface area contributed by atoms with E-state index in [4.69, 9.17) is 6.42 Å². The fourth-order valence-corrected chi connectivity index (χ4v) is 1.09. The third-order valence-electron chi connectivity index (χ3n) is 1.77. The number of rotatable bonds is 7. The maximum absolute atomic E-state index is 13.1. The largest absolute Gasteiger partial charge is 0.311 e. The van der Waals surface area contributed by atoms with E-state index in [1.807, 2.05) is 0 Å². The van der Waals surface area contributed by atoms with Crippen LogP contribution in [0, 0.1) is 12.3 Å². The zero-order valence-electron chi connectivity index (χ0n) is 8.82. The highest BCUT2D eigenvalue weighted by Gasteiger charge is 2.29. The van der Waals surface area contributed by atoms with Gasteiger partial charge in [-0.15, -0.1) is 12.3 Å². The molecule has 0 rings (SSSR count). The minimum Gasteiger partial charge on any atom is -0.311 e. The van der Waals surface area contributed by atoms with E-state index in [1.54, 1.807) is 18.9 Å². The first-order valence-corrected chi connectivity index (χ1v) is 4.72. The van der Waals surface area contributed by atoms with Crippen molar-refractivity contribution in [2.24, 2.45) is 0 Å². The molecular weight excluding hydrogens is 186 g/mol. The van der Waals surface area contributed by atoms with E-state index in [0.717, 1.165) is 0 Å². The highest BCUT2D eigenvalue weighted by atomic mass is 19.3. The molecule has 0 saturated heterocycles. The van der Waals surface area contributed by atoms with Crippen LogP contribution in [-0.4, -0.2) is 44.0 Å². The Labute approximate surface area is 84.7 Å². The minimum atomic E-state index is -2.68. The van der Waals surface area contributed by atoms with Crippen molar-refractivity contribution in [3.05, 3.63) is 0 Å². The van der Waals surface area contributed by atoms with Gasteiger partial charge in [0.1, 0.15) is 0 Å². The molecule has 1 N–H and O–H groups in total. The molecule has 4 heteroatoms. The molecule has 0 unspecified atom stereocenters. The molecule has 0 amide bonds. The van der Waals surface area contributed by atoms with Crippen molar-refractivity contribution in [2.75, 3.05) is 33.2 Å². The lowest BCUT2D eigenvalue weighted by molar-refractivity contribution is -0.0239. The number of terminal acetylenes is 1. The monoisotopic (exact) mass is 204 g/mol. The van der Waals surface area contributed by atoms with Crippen molar-refractivity contribution in [3.63, 3.8) is 0 Å². The Morgan fingerprint density at radius 2 is 2.14 bits per heavy atom. The Kier molecular flexibility index (Phi) is 6.43. The Bertz CT molecular complexity index is 187. The van der Waals surface area contributed by atoms with Gasteiger partial charge in [-0.05, 0) is 13.6 Å². The van der Waals surface area contributed by atoms with E-state index in [2.05, 4.69) is 11.2 Å². The van der Waals surface area contributed by atoms with Crippen molar-refractivity contribution < 1.29 is 8.78 Å². The summed E-state index contributed by atoms with van der Waals surface area (Å²) in [4.78, 5) is 1.55. The number of nitrogens with zero attached hydrogens (tertiary/aromatic N) is 1. The van der Waals surface area contributed by atoms with Crippen LogP contribution in [0.5, 0.6) is 0 Å². The van der Waals surface area contributed by atoms with Crippen molar-refractivity contribution in [2.45, 2.75) is 19.3 Å². The molecule has 14 heavy (non-hydrogen) atoms. The van der Waals surface area contributed by atoms with E-state index < -0.39 is 5.92 Å². The van der Waals surface area contributed by atoms with Gasteiger partial charge in [-0.25, -0.2) is 8.78 Å². The van der Waals surface area contributed by atoms with E-state index in [0.29, 0.717) is 19.5 Å². The lowest BCUT2D eigenvalue weighted by Crippen LogP contribution is -2.42. The first-order chi connectivity index (χ1) is 6.52. The summed E-state index contributed by atoms with van der Waals surface area (Å²) in [6.07, 6.45) is 5.55. The van der Waals surface area contributed by atoms with E-state index in [1.165, 1.54) is 0 Å². The smallest absolute Gasteiger partial charge is 0.272 e. The van der Waals surface area contributed by atoms with Gasteiger partial charge in [-0.1, -0.05) is 6.92 Å². The van der Waals surface area contributed by atoms with Crippen LogP contribution in [0.15, 0.2) is 0 Å². The molecule has 0 bridgehead atoms. The second kappa shape index (κ2) is 6.74. The van der Waals surface area contributed by atoms with Crippen molar-refractivity contribution in [1.29, 1.82) is 0 Å². The number of nitrogens with one attached hydrogen (secondary N) is 1. The van der Waals surface area contributed by atoms with Gasteiger partial charge in [0.15, 0.2) is 0 Å². The highest BCUT2D eigenvalue weighted by Crippen LogP contribution is 2.13. The summed E-state index contributed by atoms with van der Waals surface area (Å²) < 4.78 is 26.3. The van der Waals surface area contributed by atoms with Gasteiger partial charge in [0.2, 0.25) is 0 Å². The quantitative estimate of drug-likeness (QED) is 0.627. The lowest BCUT2D eigenvalue weighted by atomic mass is 10.3. The third-order valence-corrected chi connectivity index (χ3v) is 1.77. The fraction of sp³-hybridized carbons (Fsp3) is 0.800. The summed E-state index contributed by atoms with van der Waals surface area (Å²) >= 11 is 0. The van der Waals surface area contributed by atoms with Crippen LogP contribution >= 0.6 is 0 Å². The van der Waals surface area contributed by atoms with Crippen molar-refractivity contribution in [1.82, 2.24) is 10.2 Å². The third kappa shape index (κ3) is 6.81. The Morgan fingerprint density at radius 1 is 1.50 bits per heavy atom. The average molecular weight is 204 g/mol. The maximum Gasteiger partial charge on any atom is 0.272 e. The molecule has 82 valence electrons. The van der Waals surface area contributed by atoms with Crippen molar-refractivity contribution >= 4 is 0 Å². The molecule has 0 saturated carbocycles. The van der Waals surface area contributed by atoms with Crippen LogP contribution in [0.4, 0.5) is 8.78 Å².